The molecule has 5 heteroatoms. The zero-order valence-electron chi connectivity index (χ0n) is 17.0. The van der Waals surface area contributed by atoms with E-state index >= 15 is 0 Å². The lowest BCUT2D eigenvalue weighted by Gasteiger charge is -2.35. The Morgan fingerprint density at radius 1 is 1.10 bits per heavy atom. The molecule has 1 saturated carbocycles. The van der Waals surface area contributed by atoms with Crippen LogP contribution in [0.4, 0.5) is 4.39 Å². The van der Waals surface area contributed by atoms with E-state index in [1.165, 1.54) is 25.0 Å². The molecule has 154 valence electrons. The van der Waals surface area contributed by atoms with E-state index in [4.69, 9.17) is 4.74 Å². The van der Waals surface area contributed by atoms with Crippen LogP contribution in [-0.4, -0.2) is 23.6 Å². The first-order valence-corrected chi connectivity index (χ1v) is 10.8. The van der Waals surface area contributed by atoms with Gasteiger partial charge in [-0.05, 0) is 63.1 Å². The SMILES string of the molecule is CC1=NC2=C(C(=O)CCC2)[C@@H](c2cccc(F)c2)C1C(=O)OC1CCCCCC1. The molecule has 0 spiro atoms. The predicted octanol–water partition coefficient (Wildman–Crippen LogP) is 5.27. The van der Waals surface area contributed by atoms with Gasteiger partial charge in [-0.1, -0.05) is 25.0 Å². The first-order valence-electron chi connectivity index (χ1n) is 10.8. The average molecular weight is 397 g/mol. The second kappa shape index (κ2) is 8.60. The van der Waals surface area contributed by atoms with Gasteiger partial charge in [0.05, 0.1) is 0 Å². The van der Waals surface area contributed by atoms with Gasteiger partial charge in [0.1, 0.15) is 17.8 Å². The quantitative estimate of drug-likeness (QED) is 0.515. The van der Waals surface area contributed by atoms with Crippen molar-refractivity contribution in [3.05, 3.63) is 46.9 Å². The van der Waals surface area contributed by atoms with Crippen LogP contribution in [0.15, 0.2) is 40.5 Å². The van der Waals surface area contributed by atoms with Crippen LogP contribution in [0.5, 0.6) is 0 Å². The summed E-state index contributed by atoms with van der Waals surface area (Å²) >= 11 is 0. The fraction of sp³-hybridized carbons (Fsp3) is 0.542. The molecule has 2 aliphatic carbocycles. The molecule has 1 unspecified atom stereocenters. The lowest BCUT2D eigenvalue weighted by Crippen LogP contribution is -2.38. The Hall–Kier alpha value is -2.30. The van der Waals surface area contributed by atoms with Gasteiger partial charge in [0.2, 0.25) is 0 Å². The van der Waals surface area contributed by atoms with Gasteiger partial charge in [-0.15, -0.1) is 0 Å². The lowest BCUT2D eigenvalue weighted by molar-refractivity contribution is -0.152. The summed E-state index contributed by atoms with van der Waals surface area (Å²) in [4.78, 5) is 30.8. The predicted molar refractivity (Wildman–Crippen MR) is 109 cm³/mol. The minimum absolute atomic E-state index is 0.0176. The summed E-state index contributed by atoms with van der Waals surface area (Å²) in [6.07, 6.45) is 8.10. The number of hydrogen-bond donors (Lipinski definition) is 0. The molecule has 0 aromatic heterocycles. The lowest BCUT2D eigenvalue weighted by atomic mass is 9.71. The first kappa shape index (κ1) is 20.0. The molecule has 0 amide bonds. The minimum atomic E-state index is -0.680. The maximum absolute atomic E-state index is 14.0. The molecule has 1 heterocycles. The maximum Gasteiger partial charge on any atom is 0.315 e. The Labute approximate surface area is 171 Å². The molecule has 0 radical (unpaired) electrons. The Balaban J connectivity index is 1.70. The van der Waals surface area contributed by atoms with Crippen LogP contribution < -0.4 is 0 Å². The van der Waals surface area contributed by atoms with E-state index in [9.17, 15) is 14.0 Å². The van der Waals surface area contributed by atoms with Gasteiger partial charge in [-0.3, -0.25) is 14.6 Å². The number of ketones is 1. The van der Waals surface area contributed by atoms with Gasteiger partial charge < -0.3 is 4.74 Å². The number of rotatable bonds is 3. The van der Waals surface area contributed by atoms with Gasteiger partial charge in [-0.25, -0.2) is 4.39 Å². The molecular weight excluding hydrogens is 369 g/mol. The van der Waals surface area contributed by atoms with Crippen molar-refractivity contribution in [2.75, 3.05) is 0 Å². The summed E-state index contributed by atoms with van der Waals surface area (Å²) in [6, 6.07) is 6.24. The number of carbonyl (C=O) groups excluding carboxylic acids is 2. The van der Waals surface area contributed by atoms with Crippen LogP contribution >= 0.6 is 0 Å². The highest BCUT2D eigenvalue weighted by Gasteiger charge is 2.43. The summed E-state index contributed by atoms with van der Waals surface area (Å²) < 4.78 is 20.0. The Kier molecular flexibility index (Phi) is 5.93. The van der Waals surface area contributed by atoms with Crippen molar-refractivity contribution < 1.29 is 18.7 Å². The Morgan fingerprint density at radius 3 is 2.59 bits per heavy atom. The van der Waals surface area contributed by atoms with E-state index in [2.05, 4.69) is 4.99 Å². The van der Waals surface area contributed by atoms with E-state index in [1.807, 2.05) is 6.92 Å². The average Bonchev–Trinajstić information content (AvgIpc) is 2.95. The van der Waals surface area contributed by atoms with E-state index in [0.717, 1.165) is 37.8 Å². The molecular formula is C24H28FNO3. The van der Waals surface area contributed by atoms with Crippen LogP contribution in [-0.2, 0) is 14.3 Å². The molecule has 29 heavy (non-hydrogen) atoms. The van der Waals surface area contributed by atoms with Crippen molar-refractivity contribution in [1.82, 2.24) is 0 Å². The zero-order chi connectivity index (χ0) is 20.4. The van der Waals surface area contributed by atoms with Crippen LogP contribution in [0, 0.1) is 11.7 Å². The van der Waals surface area contributed by atoms with Crippen LogP contribution in [0.3, 0.4) is 0 Å². The van der Waals surface area contributed by atoms with Gasteiger partial charge in [0.25, 0.3) is 0 Å². The van der Waals surface area contributed by atoms with E-state index in [0.29, 0.717) is 29.7 Å². The number of Topliss-reactive ketones (excluding diaryl/α,β-unsaturated/α-hetero) is 1. The van der Waals surface area contributed by atoms with Gasteiger partial charge in [-0.2, -0.15) is 0 Å². The standard InChI is InChI=1S/C24H28FNO3/c1-15-21(24(28)29-18-10-4-2-3-5-11-18)22(16-8-6-9-17(25)14-16)23-19(26-15)12-7-13-20(23)27/h6,8-9,14,18,21-22H,2-5,7,10-13H2,1H3/t21?,22-/m0/s1. The van der Waals surface area contributed by atoms with Crippen molar-refractivity contribution in [3.8, 4) is 0 Å². The molecule has 3 aliphatic rings. The second-order valence-corrected chi connectivity index (χ2v) is 8.45. The summed E-state index contributed by atoms with van der Waals surface area (Å²) in [5, 5.41) is 0. The summed E-state index contributed by atoms with van der Waals surface area (Å²) in [7, 11) is 0. The highest BCUT2D eigenvalue weighted by atomic mass is 19.1. The van der Waals surface area contributed by atoms with E-state index in [-0.39, 0.29) is 23.7 Å². The number of benzene rings is 1. The Morgan fingerprint density at radius 2 is 1.86 bits per heavy atom. The van der Waals surface area contributed by atoms with Crippen molar-refractivity contribution >= 4 is 17.5 Å². The molecule has 4 nitrogen and oxygen atoms in total. The van der Waals surface area contributed by atoms with Crippen LogP contribution in [0.25, 0.3) is 0 Å². The highest BCUT2D eigenvalue weighted by molar-refractivity contribution is 6.08. The number of nitrogens with zero attached hydrogens (tertiary/aromatic N) is 1. The number of carbonyl (C=O) groups is 2. The molecule has 0 bridgehead atoms. The van der Waals surface area contributed by atoms with Crippen molar-refractivity contribution in [2.24, 2.45) is 10.9 Å². The van der Waals surface area contributed by atoms with Crippen LogP contribution in [0.2, 0.25) is 0 Å². The number of allylic oxidation sites excluding steroid dienone is 2. The normalized spacial score (nSPS) is 25.9. The number of aliphatic imine (C=N–C) groups is 1. The van der Waals surface area contributed by atoms with Crippen LogP contribution in [0.1, 0.15) is 76.2 Å². The summed E-state index contributed by atoms with van der Waals surface area (Å²) in [5.41, 5.74) is 2.64. The largest absolute Gasteiger partial charge is 0.462 e. The van der Waals surface area contributed by atoms with Gasteiger partial charge >= 0.3 is 5.97 Å². The summed E-state index contributed by atoms with van der Waals surface area (Å²) in [6.45, 7) is 1.83. The van der Waals surface area contributed by atoms with Crippen molar-refractivity contribution in [2.45, 2.75) is 76.7 Å². The third-order valence-corrected chi connectivity index (χ3v) is 6.38. The summed E-state index contributed by atoms with van der Waals surface area (Å²) in [5.74, 6) is -1.89. The van der Waals surface area contributed by atoms with Crippen molar-refractivity contribution in [1.29, 1.82) is 0 Å². The molecule has 1 aromatic rings. The smallest absolute Gasteiger partial charge is 0.315 e. The van der Waals surface area contributed by atoms with E-state index in [1.54, 1.807) is 12.1 Å². The maximum atomic E-state index is 14.0. The third-order valence-electron chi connectivity index (χ3n) is 6.38. The third kappa shape index (κ3) is 4.19. The Bertz CT molecular complexity index is 865. The topological polar surface area (TPSA) is 55.7 Å². The molecule has 0 N–H and O–H groups in total. The van der Waals surface area contributed by atoms with Gasteiger partial charge in [0, 0.05) is 29.3 Å². The number of hydrogen-bond acceptors (Lipinski definition) is 4. The molecule has 1 aromatic carbocycles. The fourth-order valence-electron chi connectivity index (χ4n) is 4.97. The molecule has 2 atom stereocenters. The molecule has 1 fully saturated rings. The highest BCUT2D eigenvalue weighted by Crippen LogP contribution is 2.44. The molecule has 0 saturated heterocycles. The first-order chi connectivity index (χ1) is 14.0. The minimum Gasteiger partial charge on any atom is -0.462 e. The fourth-order valence-corrected chi connectivity index (χ4v) is 4.97. The molecule has 4 rings (SSSR count). The number of halogens is 1. The molecule has 1 aliphatic heterocycles. The zero-order valence-corrected chi connectivity index (χ0v) is 17.0. The monoisotopic (exact) mass is 397 g/mol. The van der Waals surface area contributed by atoms with Gasteiger partial charge in [0.15, 0.2) is 5.78 Å². The second-order valence-electron chi connectivity index (χ2n) is 8.45. The number of esters is 1. The van der Waals surface area contributed by atoms with E-state index < -0.39 is 11.8 Å². The number of ether oxygens (including phenoxy) is 1. The van der Waals surface area contributed by atoms with Crippen molar-refractivity contribution in [3.63, 3.8) is 0 Å².